The highest BCUT2D eigenvalue weighted by Gasteiger charge is 2.15. The molecule has 0 aliphatic rings. The van der Waals surface area contributed by atoms with Gasteiger partial charge in [-0.15, -0.1) is 23.1 Å². The molecule has 1 aromatic heterocycles. The molecule has 0 spiro atoms. The van der Waals surface area contributed by atoms with Crippen LogP contribution in [0.1, 0.15) is 16.6 Å². The first-order chi connectivity index (χ1) is 12.1. The summed E-state index contributed by atoms with van der Waals surface area (Å²) in [6.45, 7) is 1.59. The Hall–Kier alpha value is -2.37. The van der Waals surface area contributed by atoms with Crippen LogP contribution in [0.2, 0.25) is 0 Å². The van der Waals surface area contributed by atoms with Gasteiger partial charge in [-0.1, -0.05) is 24.3 Å². The maximum Gasteiger partial charge on any atom is 0.211 e. The number of Topliss-reactive ketones (excluding diaryl/α,β-unsaturated/α-hetero) is 1. The lowest BCUT2D eigenvalue weighted by atomic mass is 10.0. The molecule has 1 heterocycles. The zero-order valence-corrected chi connectivity index (χ0v) is 15.5. The van der Waals surface area contributed by atoms with Crippen LogP contribution in [0.5, 0.6) is 0 Å². The highest BCUT2D eigenvalue weighted by molar-refractivity contribution is 7.98. The molecule has 3 rings (SSSR count). The number of thioether (sulfide) groups is 1. The topological polar surface area (TPSA) is 46.2 Å². The van der Waals surface area contributed by atoms with Gasteiger partial charge in [0.25, 0.3) is 0 Å². The van der Waals surface area contributed by atoms with Gasteiger partial charge >= 0.3 is 0 Å². The molecule has 5 heteroatoms. The van der Waals surface area contributed by atoms with Crippen molar-refractivity contribution in [3.8, 4) is 21.6 Å². The second kappa shape index (κ2) is 7.68. The maximum absolute atomic E-state index is 11.9. The lowest BCUT2D eigenvalue weighted by Crippen LogP contribution is -1.92. The van der Waals surface area contributed by atoms with Crippen molar-refractivity contribution in [3.63, 3.8) is 0 Å². The summed E-state index contributed by atoms with van der Waals surface area (Å²) < 4.78 is 0. The van der Waals surface area contributed by atoms with E-state index in [9.17, 15) is 9.59 Å². The molecule has 0 unspecified atom stereocenters. The fourth-order valence-electron chi connectivity index (χ4n) is 2.55. The van der Waals surface area contributed by atoms with Gasteiger partial charge in [-0.2, -0.15) is 0 Å². The number of hydrogen-bond acceptors (Lipinski definition) is 4. The third kappa shape index (κ3) is 3.83. The number of nitrogens with one attached hydrogen (secondary N) is 1. The fourth-order valence-corrected chi connectivity index (χ4v) is 4.04. The molecular formula is C20H17NO2S2. The number of ketones is 1. The third-order valence-corrected chi connectivity index (χ3v) is 5.88. The predicted molar refractivity (Wildman–Crippen MR) is 107 cm³/mol. The van der Waals surface area contributed by atoms with Crippen molar-refractivity contribution in [2.24, 2.45) is 0 Å². The zero-order chi connectivity index (χ0) is 17.8. The number of hydrogen-bond donors (Lipinski definition) is 1. The molecule has 2 aromatic carbocycles. The molecule has 0 bridgehead atoms. The Morgan fingerprint density at radius 1 is 1.04 bits per heavy atom. The minimum Gasteiger partial charge on any atom is -0.329 e. The van der Waals surface area contributed by atoms with Crippen molar-refractivity contribution >= 4 is 41.0 Å². The van der Waals surface area contributed by atoms with Gasteiger partial charge in [-0.3, -0.25) is 9.59 Å². The number of carbonyl (C=O) groups excluding carboxylic acids is 2. The van der Waals surface area contributed by atoms with Crippen molar-refractivity contribution in [2.75, 3.05) is 11.6 Å². The van der Waals surface area contributed by atoms with Crippen LogP contribution < -0.4 is 5.32 Å². The summed E-state index contributed by atoms with van der Waals surface area (Å²) in [4.78, 5) is 25.4. The number of rotatable bonds is 6. The van der Waals surface area contributed by atoms with E-state index in [1.165, 1.54) is 16.2 Å². The lowest BCUT2D eigenvalue weighted by molar-refractivity contribution is -0.105. The van der Waals surface area contributed by atoms with Crippen LogP contribution in [0, 0.1) is 0 Å². The van der Waals surface area contributed by atoms with E-state index in [1.807, 2.05) is 36.6 Å². The van der Waals surface area contributed by atoms with Crippen LogP contribution in [-0.2, 0) is 4.79 Å². The summed E-state index contributed by atoms with van der Waals surface area (Å²) in [6, 6.07) is 18.0. The van der Waals surface area contributed by atoms with E-state index in [0.717, 1.165) is 32.1 Å². The van der Waals surface area contributed by atoms with Gasteiger partial charge < -0.3 is 5.32 Å². The van der Waals surface area contributed by atoms with Crippen LogP contribution in [0.4, 0.5) is 5.69 Å². The van der Waals surface area contributed by atoms with E-state index in [2.05, 4.69) is 29.6 Å². The number of anilines is 1. The lowest BCUT2D eigenvalue weighted by Gasteiger charge is -2.06. The average molecular weight is 367 g/mol. The van der Waals surface area contributed by atoms with Crippen LogP contribution >= 0.6 is 23.1 Å². The number of benzene rings is 2. The van der Waals surface area contributed by atoms with E-state index in [4.69, 9.17) is 0 Å². The van der Waals surface area contributed by atoms with E-state index in [0.29, 0.717) is 6.41 Å². The molecule has 0 fully saturated rings. The Morgan fingerprint density at radius 3 is 2.24 bits per heavy atom. The molecule has 0 radical (unpaired) electrons. The van der Waals surface area contributed by atoms with Crippen molar-refractivity contribution < 1.29 is 9.59 Å². The molecule has 1 amide bonds. The summed E-state index contributed by atoms with van der Waals surface area (Å²) in [5.41, 5.74) is 3.91. The first-order valence-electron chi connectivity index (χ1n) is 7.72. The highest BCUT2D eigenvalue weighted by atomic mass is 32.2. The molecule has 25 heavy (non-hydrogen) atoms. The van der Waals surface area contributed by atoms with Crippen molar-refractivity contribution in [1.29, 1.82) is 0 Å². The standard InChI is InChI=1S/C20H17NO2S2/c1-13(23)19-11-18(14-5-9-17(24-2)10-6-14)20(25-19)15-3-7-16(8-4-15)21-12-22/h3-12H,1-2H3,(H,21,22). The summed E-state index contributed by atoms with van der Waals surface area (Å²) in [6.07, 6.45) is 2.71. The van der Waals surface area contributed by atoms with Gasteiger partial charge in [0.1, 0.15) is 0 Å². The average Bonchev–Trinajstić information content (AvgIpc) is 3.08. The maximum atomic E-state index is 11.9. The quantitative estimate of drug-likeness (QED) is 0.352. The van der Waals surface area contributed by atoms with Crippen molar-refractivity contribution in [2.45, 2.75) is 11.8 Å². The number of thiophene rings is 1. The Balaban J connectivity index is 2.07. The van der Waals surface area contributed by atoms with Crippen molar-refractivity contribution in [3.05, 3.63) is 59.5 Å². The molecule has 0 saturated carbocycles. The van der Waals surface area contributed by atoms with Crippen LogP contribution in [0.25, 0.3) is 21.6 Å². The molecule has 0 saturated heterocycles. The fraction of sp³-hybridized carbons (Fsp3) is 0.100. The zero-order valence-electron chi connectivity index (χ0n) is 13.9. The van der Waals surface area contributed by atoms with Crippen LogP contribution in [0.3, 0.4) is 0 Å². The van der Waals surface area contributed by atoms with E-state index >= 15 is 0 Å². The molecule has 126 valence electrons. The Labute approximate surface area is 155 Å². The monoisotopic (exact) mass is 367 g/mol. The molecule has 0 atom stereocenters. The molecule has 0 aliphatic carbocycles. The SMILES string of the molecule is CSc1ccc(-c2cc(C(C)=O)sc2-c2ccc(NC=O)cc2)cc1. The van der Waals surface area contributed by atoms with Gasteiger partial charge in [0.05, 0.1) is 4.88 Å². The first-order valence-corrected chi connectivity index (χ1v) is 9.76. The Bertz CT molecular complexity index is 896. The molecule has 3 aromatic rings. The van der Waals surface area contributed by atoms with Crippen LogP contribution in [0.15, 0.2) is 59.5 Å². The smallest absolute Gasteiger partial charge is 0.211 e. The largest absolute Gasteiger partial charge is 0.329 e. The Morgan fingerprint density at radius 2 is 1.68 bits per heavy atom. The molecule has 0 aliphatic heterocycles. The van der Waals surface area contributed by atoms with Gasteiger partial charge in [0, 0.05) is 21.0 Å². The first kappa shape index (κ1) is 17.5. The summed E-state index contributed by atoms with van der Waals surface area (Å²) in [5, 5.41) is 2.64. The minimum atomic E-state index is 0.0671. The predicted octanol–water partition coefficient (Wildman–Crippen LogP) is 5.57. The molecule has 1 N–H and O–H groups in total. The van der Waals surface area contributed by atoms with Gasteiger partial charge in [-0.25, -0.2) is 0 Å². The highest BCUT2D eigenvalue weighted by Crippen LogP contribution is 2.40. The summed E-state index contributed by atoms with van der Waals surface area (Å²) >= 11 is 3.20. The second-order valence-electron chi connectivity index (χ2n) is 5.48. The Kier molecular flexibility index (Phi) is 5.36. The van der Waals surface area contributed by atoms with Crippen molar-refractivity contribution in [1.82, 2.24) is 0 Å². The summed E-state index contributed by atoms with van der Waals surface area (Å²) in [7, 11) is 0. The van der Waals surface area contributed by atoms with Gasteiger partial charge in [0.2, 0.25) is 6.41 Å². The normalized spacial score (nSPS) is 10.5. The second-order valence-corrected chi connectivity index (χ2v) is 7.41. The number of carbonyl (C=O) groups is 2. The van der Waals surface area contributed by atoms with Gasteiger partial charge in [0.15, 0.2) is 5.78 Å². The van der Waals surface area contributed by atoms with E-state index in [-0.39, 0.29) is 5.78 Å². The number of amides is 1. The minimum absolute atomic E-state index is 0.0671. The third-order valence-electron chi connectivity index (χ3n) is 3.85. The van der Waals surface area contributed by atoms with Crippen LogP contribution in [-0.4, -0.2) is 18.4 Å². The van der Waals surface area contributed by atoms with E-state index < -0.39 is 0 Å². The molecular weight excluding hydrogens is 350 g/mol. The van der Waals surface area contributed by atoms with E-state index in [1.54, 1.807) is 18.7 Å². The summed E-state index contributed by atoms with van der Waals surface area (Å²) in [5.74, 6) is 0.0671. The molecule has 3 nitrogen and oxygen atoms in total. The van der Waals surface area contributed by atoms with Gasteiger partial charge in [-0.05, 0) is 54.6 Å².